The molecular formula is C18H18ClF2N7. The summed E-state index contributed by atoms with van der Waals surface area (Å²) in [6, 6.07) is 12.0. The van der Waals surface area contributed by atoms with E-state index in [1.165, 1.54) is 24.4 Å². The van der Waals surface area contributed by atoms with Crippen molar-refractivity contribution in [3.63, 3.8) is 0 Å². The van der Waals surface area contributed by atoms with Crippen molar-refractivity contribution in [1.82, 2.24) is 15.0 Å². The SMILES string of the molecule is CN(C)c1nc(NN=Cc2ccccc2F)nc(Nc2ccc(F)cc2)n1.Cl. The molecule has 0 bridgehead atoms. The zero-order valence-electron chi connectivity index (χ0n) is 15.1. The minimum atomic E-state index is -0.383. The second-order valence-corrected chi connectivity index (χ2v) is 5.70. The molecule has 2 aromatic carbocycles. The van der Waals surface area contributed by atoms with E-state index in [1.807, 2.05) is 0 Å². The molecule has 146 valence electrons. The maximum atomic E-state index is 13.6. The van der Waals surface area contributed by atoms with E-state index in [1.54, 1.807) is 49.3 Å². The first-order chi connectivity index (χ1) is 13.0. The van der Waals surface area contributed by atoms with Crippen LogP contribution >= 0.6 is 12.4 Å². The quantitative estimate of drug-likeness (QED) is 0.479. The van der Waals surface area contributed by atoms with Crippen LogP contribution in [0.4, 0.5) is 32.3 Å². The number of rotatable bonds is 6. The van der Waals surface area contributed by atoms with Gasteiger partial charge >= 0.3 is 0 Å². The van der Waals surface area contributed by atoms with E-state index in [0.29, 0.717) is 17.2 Å². The van der Waals surface area contributed by atoms with Crippen LogP contribution in [-0.2, 0) is 0 Å². The Bertz CT molecular complexity index is 949. The third kappa shape index (κ3) is 5.58. The van der Waals surface area contributed by atoms with E-state index < -0.39 is 0 Å². The van der Waals surface area contributed by atoms with Gasteiger partial charge in [0.1, 0.15) is 11.6 Å². The average Bonchev–Trinajstić information content (AvgIpc) is 2.65. The Hall–Kier alpha value is -3.33. The van der Waals surface area contributed by atoms with E-state index in [2.05, 4.69) is 30.8 Å². The van der Waals surface area contributed by atoms with Gasteiger partial charge in [-0.25, -0.2) is 14.2 Å². The summed E-state index contributed by atoms with van der Waals surface area (Å²) in [4.78, 5) is 14.4. The van der Waals surface area contributed by atoms with Crippen LogP contribution < -0.4 is 15.6 Å². The molecule has 7 nitrogen and oxygen atoms in total. The lowest BCUT2D eigenvalue weighted by molar-refractivity contribution is 0.626. The predicted molar refractivity (Wildman–Crippen MR) is 109 cm³/mol. The van der Waals surface area contributed by atoms with Crippen LogP contribution in [0.1, 0.15) is 5.56 Å². The Morgan fingerprint density at radius 2 is 1.61 bits per heavy atom. The van der Waals surface area contributed by atoms with Gasteiger partial charge in [-0.05, 0) is 30.3 Å². The van der Waals surface area contributed by atoms with Crippen LogP contribution in [0.3, 0.4) is 0 Å². The zero-order valence-corrected chi connectivity index (χ0v) is 15.9. The predicted octanol–water partition coefficient (Wildman–Crippen LogP) is 3.83. The summed E-state index contributed by atoms with van der Waals surface area (Å²) >= 11 is 0. The highest BCUT2D eigenvalue weighted by molar-refractivity contribution is 5.85. The van der Waals surface area contributed by atoms with Gasteiger partial charge in [0.25, 0.3) is 0 Å². The number of hydrogen-bond acceptors (Lipinski definition) is 7. The monoisotopic (exact) mass is 405 g/mol. The topological polar surface area (TPSA) is 78.3 Å². The fourth-order valence-corrected chi connectivity index (χ4v) is 2.07. The second-order valence-electron chi connectivity index (χ2n) is 5.70. The van der Waals surface area contributed by atoms with Gasteiger partial charge in [-0.2, -0.15) is 20.1 Å². The van der Waals surface area contributed by atoms with Crippen molar-refractivity contribution in [2.75, 3.05) is 29.7 Å². The lowest BCUT2D eigenvalue weighted by Crippen LogP contribution is -2.15. The van der Waals surface area contributed by atoms with Crippen molar-refractivity contribution in [1.29, 1.82) is 0 Å². The van der Waals surface area contributed by atoms with Crippen LogP contribution in [0.5, 0.6) is 0 Å². The van der Waals surface area contributed by atoms with E-state index in [4.69, 9.17) is 0 Å². The van der Waals surface area contributed by atoms with Gasteiger partial charge in [-0.3, -0.25) is 0 Å². The van der Waals surface area contributed by atoms with Crippen molar-refractivity contribution in [2.45, 2.75) is 0 Å². The molecule has 2 N–H and O–H groups in total. The van der Waals surface area contributed by atoms with Gasteiger partial charge in [0.2, 0.25) is 17.8 Å². The van der Waals surface area contributed by atoms with Gasteiger partial charge in [0.15, 0.2) is 0 Å². The highest BCUT2D eigenvalue weighted by Gasteiger charge is 2.08. The van der Waals surface area contributed by atoms with E-state index in [0.717, 1.165) is 0 Å². The number of halogens is 3. The number of anilines is 4. The molecule has 0 aliphatic rings. The molecule has 0 saturated heterocycles. The van der Waals surface area contributed by atoms with Gasteiger partial charge in [-0.1, -0.05) is 18.2 Å². The Labute approximate surface area is 167 Å². The normalized spacial score (nSPS) is 10.4. The maximum absolute atomic E-state index is 13.6. The van der Waals surface area contributed by atoms with E-state index >= 15 is 0 Å². The fraction of sp³-hybridized carbons (Fsp3) is 0.111. The van der Waals surface area contributed by atoms with Crippen LogP contribution in [0.25, 0.3) is 0 Å². The first kappa shape index (κ1) is 21.0. The highest BCUT2D eigenvalue weighted by Crippen LogP contribution is 2.17. The Morgan fingerprint density at radius 3 is 2.29 bits per heavy atom. The molecule has 10 heteroatoms. The lowest BCUT2D eigenvalue weighted by Gasteiger charge is -2.13. The molecular weight excluding hydrogens is 388 g/mol. The number of hydrazone groups is 1. The third-order valence-electron chi connectivity index (χ3n) is 3.40. The summed E-state index contributed by atoms with van der Waals surface area (Å²) in [5, 5.41) is 6.95. The molecule has 0 atom stereocenters. The minimum absolute atomic E-state index is 0. The first-order valence-electron chi connectivity index (χ1n) is 8.01. The van der Waals surface area contributed by atoms with Crippen LogP contribution in [0.15, 0.2) is 53.6 Å². The summed E-state index contributed by atoms with van der Waals surface area (Å²) in [5.74, 6) is 0.0920. The number of nitrogens with zero attached hydrogens (tertiary/aromatic N) is 5. The summed E-state index contributed by atoms with van der Waals surface area (Å²) < 4.78 is 26.7. The number of aromatic nitrogens is 3. The first-order valence-corrected chi connectivity index (χ1v) is 8.01. The van der Waals surface area contributed by atoms with Crippen LogP contribution in [0.2, 0.25) is 0 Å². The summed E-state index contributed by atoms with van der Waals surface area (Å²) in [7, 11) is 3.56. The molecule has 3 rings (SSSR count). The van der Waals surface area contributed by atoms with Gasteiger partial charge in [0.05, 0.1) is 6.21 Å². The Kier molecular flexibility index (Phi) is 7.16. The van der Waals surface area contributed by atoms with E-state index in [-0.39, 0.29) is 35.9 Å². The van der Waals surface area contributed by atoms with Crippen LogP contribution in [-0.4, -0.2) is 35.3 Å². The van der Waals surface area contributed by atoms with Crippen molar-refractivity contribution in [3.05, 3.63) is 65.7 Å². The zero-order chi connectivity index (χ0) is 19.2. The van der Waals surface area contributed by atoms with Crippen molar-refractivity contribution in [2.24, 2.45) is 5.10 Å². The Morgan fingerprint density at radius 1 is 0.929 bits per heavy atom. The summed E-state index contributed by atoms with van der Waals surface area (Å²) in [5.41, 5.74) is 3.61. The molecule has 1 heterocycles. The maximum Gasteiger partial charge on any atom is 0.250 e. The van der Waals surface area contributed by atoms with Crippen molar-refractivity contribution < 1.29 is 8.78 Å². The van der Waals surface area contributed by atoms with Gasteiger partial charge in [0, 0.05) is 25.3 Å². The number of hydrogen-bond donors (Lipinski definition) is 2. The third-order valence-corrected chi connectivity index (χ3v) is 3.40. The molecule has 1 aromatic heterocycles. The van der Waals surface area contributed by atoms with E-state index in [9.17, 15) is 8.78 Å². The minimum Gasteiger partial charge on any atom is -0.347 e. The summed E-state index contributed by atoms with van der Waals surface area (Å²) in [6.07, 6.45) is 1.33. The molecule has 0 fully saturated rings. The van der Waals surface area contributed by atoms with Crippen molar-refractivity contribution in [3.8, 4) is 0 Å². The van der Waals surface area contributed by atoms with Crippen LogP contribution in [0, 0.1) is 11.6 Å². The lowest BCUT2D eigenvalue weighted by atomic mass is 10.2. The standard InChI is InChI=1S/C18H17F2N7.ClH/c1-27(2)18-24-16(22-14-9-7-13(19)8-10-14)23-17(25-18)26-21-11-12-5-3-4-6-15(12)20;/h3-11H,1-2H3,(H2,22,23,24,25,26);1H. The average molecular weight is 406 g/mol. The molecule has 0 aliphatic heterocycles. The number of benzene rings is 2. The molecule has 0 radical (unpaired) electrons. The fourth-order valence-electron chi connectivity index (χ4n) is 2.07. The second kappa shape index (κ2) is 9.56. The molecule has 3 aromatic rings. The summed E-state index contributed by atoms with van der Waals surface area (Å²) in [6.45, 7) is 0. The smallest absolute Gasteiger partial charge is 0.250 e. The molecule has 28 heavy (non-hydrogen) atoms. The van der Waals surface area contributed by atoms with Crippen molar-refractivity contribution >= 4 is 42.2 Å². The molecule has 0 aliphatic carbocycles. The van der Waals surface area contributed by atoms with Gasteiger partial charge in [-0.15, -0.1) is 12.4 Å². The Balaban J connectivity index is 0.00000280. The number of nitrogens with one attached hydrogen (secondary N) is 2. The molecule has 0 amide bonds. The molecule has 0 spiro atoms. The molecule has 0 saturated carbocycles. The van der Waals surface area contributed by atoms with Gasteiger partial charge < -0.3 is 10.2 Å². The highest BCUT2D eigenvalue weighted by atomic mass is 35.5. The largest absolute Gasteiger partial charge is 0.347 e. The molecule has 0 unspecified atom stereocenters.